The number of esters is 1. The fraction of sp³-hybridized carbons (Fsp3) is 0.217. The summed E-state index contributed by atoms with van der Waals surface area (Å²) in [5, 5.41) is 2.64. The summed E-state index contributed by atoms with van der Waals surface area (Å²) in [7, 11) is 0. The van der Waals surface area contributed by atoms with Crippen LogP contribution >= 0.6 is 23.5 Å². The molecule has 2 N–H and O–H groups in total. The molecule has 0 bridgehead atoms. The van der Waals surface area contributed by atoms with Gasteiger partial charge in [-0.3, -0.25) is 9.59 Å². The van der Waals surface area contributed by atoms with Gasteiger partial charge in [0.1, 0.15) is 0 Å². The van der Waals surface area contributed by atoms with Crippen LogP contribution in [0.2, 0.25) is 0 Å². The van der Waals surface area contributed by atoms with Crippen molar-refractivity contribution in [2.45, 2.75) is 34.9 Å². The highest BCUT2D eigenvalue weighted by Gasteiger charge is 2.17. The molecule has 3 aromatic rings. The standard InChI is InChI=1S/C23H23N3O4S2/c1-3-30-22(29)16-8-7-9-17(12-16)24-21(28)15(2)32-23-25-18(13-20(27)26-23)14-31-19-10-5-4-6-11-19/h4-13,15H,3,14H2,1-2H3,(H,24,28)(H,25,26,27). The summed E-state index contributed by atoms with van der Waals surface area (Å²) in [6.07, 6.45) is 0. The zero-order chi connectivity index (χ0) is 22.9. The van der Waals surface area contributed by atoms with E-state index in [-0.39, 0.29) is 18.1 Å². The number of aromatic nitrogens is 2. The van der Waals surface area contributed by atoms with E-state index in [1.54, 1.807) is 49.9 Å². The van der Waals surface area contributed by atoms with E-state index in [0.29, 0.717) is 27.9 Å². The molecule has 0 aliphatic carbocycles. The fourth-order valence-electron chi connectivity index (χ4n) is 2.69. The third kappa shape index (κ3) is 7.00. The number of benzene rings is 2. The zero-order valence-corrected chi connectivity index (χ0v) is 19.3. The minimum atomic E-state index is -0.526. The Bertz CT molecular complexity index is 1140. The van der Waals surface area contributed by atoms with Gasteiger partial charge in [-0.15, -0.1) is 11.8 Å². The van der Waals surface area contributed by atoms with Crippen LogP contribution in [0.5, 0.6) is 0 Å². The van der Waals surface area contributed by atoms with Crippen molar-refractivity contribution < 1.29 is 14.3 Å². The number of anilines is 1. The average Bonchev–Trinajstić information content (AvgIpc) is 2.78. The van der Waals surface area contributed by atoms with Crippen molar-refractivity contribution in [1.82, 2.24) is 9.97 Å². The highest BCUT2D eigenvalue weighted by molar-refractivity contribution is 8.00. The number of thioether (sulfide) groups is 2. The topological polar surface area (TPSA) is 101 Å². The van der Waals surface area contributed by atoms with Crippen molar-refractivity contribution in [3.05, 3.63) is 82.3 Å². The second-order valence-electron chi connectivity index (χ2n) is 6.69. The highest BCUT2D eigenvalue weighted by Crippen LogP contribution is 2.24. The maximum atomic E-state index is 12.6. The minimum Gasteiger partial charge on any atom is -0.462 e. The summed E-state index contributed by atoms with van der Waals surface area (Å²) >= 11 is 2.74. The highest BCUT2D eigenvalue weighted by atomic mass is 32.2. The second kappa shape index (κ2) is 11.5. The fourth-order valence-corrected chi connectivity index (χ4v) is 4.33. The Morgan fingerprint density at radius 1 is 1.12 bits per heavy atom. The molecule has 0 fully saturated rings. The van der Waals surface area contributed by atoms with Crippen LogP contribution in [0.15, 0.2) is 75.5 Å². The number of rotatable bonds is 9. The van der Waals surface area contributed by atoms with Crippen LogP contribution in [0.3, 0.4) is 0 Å². The van der Waals surface area contributed by atoms with Crippen molar-refractivity contribution in [1.29, 1.82) is 0 Å². The van der Waals surface area contributed by atoms with Crippen molar-refractivity contribution in [2.75, 3.05) is 11.9 Å². The lowest BCUT2D eigenvalue weighted by atomic mass is 10.2. The van der Waals surface area contributed by atoms with E-state index < -0.39 is 11.2 Å². The van der Waals surface area contributed by atoms with Gasteiger partial charge < -0.3 is 15.0 Å². The molecule has 1 unspecified atom stereocenters. The number of hydrogen-bond donors (Lipinski definition) is 2. The molecule has 0 radical (unpaired) electrons. The number of H-pyrrole nitrogens is 1. The van der Waals surface area contributed by atoms with Crippen molar-refractivity contribution in [3.63, 3.8) is 0 Å². The maximum absolute atomic E-state index is 12.6. The summed E-state index contributed by atoms with van der Waals surface area (Å²) in [6.45, 7) is 3.73. The Labute approximate surface area is 194 Å². The van der Waals surface area contributed by atoms with Crippen LogP contribution in [0.25, 0.3) is 0 Å². The summed E-state index contributed by atoms with van der Waals surface area (Å²) in [5.41, 5.74) is 1.22. The smallest absolute Gasteiger partial charge is 0.338 e. The number of ether oxygens (including phenoxy) is 1. The van der Waals surface area contributed by atoms with Crippen molar-refractivity contribution in [2.24, 2.45) is 0 Å². The molecule has 1 aromatic heterocycles. The first kappa shape index (κ1) is 23.6. The van der Waals surface area contributed by atoms with Crippen LogP contribution in [-0.2, 0) is 15.3 Å². The van der Waals surface area contributed by atoms with E-state index in [1.165, 1.54) is 6.07 Å². The Morgan fingerprint density at radius 2 is 1.91 bits per heavy atom. The SMILES string of the molecule is CCOC(=O)c1cccc(NC(=O)C(C)Sc2nc(CSc3ccccc3)cc(=O)[nH]2)c1. The summed E-state index contributed by atoms with van der Waals surface area (Å²) in [4.78, 5) is 44.8. The Morgan fingerprint density at radius 3 is 2.66 bits per heavy atom. The number of carbonyl (C=O) groups excluding carboxylic acids is 2. The van der Waals surface area contributed by atoms with Crippen LogP contribution in [0, 0.1) is 0 Å². The van der Waals surface area contributed by atoms with Crippen LogP contribution in [-0.4, -0.2) is 33.7 Å². The Hall–Kier alpha value is -3.04. The van der Waals surface area contributed by atoms with E-state index in [9.17, 15) is 14.4 Å². The lowest BCUT2D eigenvalue weighted by Gasteiger charge is -2.12. The molecule has 3 rings (SSSR count). The number of nitrogens with zero attached hydrogens (tertiary/aromatic N) is 1. The van der Waals surface area contributed by atoms with Gasteiger partial charge in [0.25, 0.3) is 5.56 Å². The maximum Gasteiger partial charge on any atom is 0.338 e. The molecule has 9 heteroatoms. The lowest BCUT2D eigenvalue weighted by Crippen LogP contribution is -2.23. The summed E-state index contributed by atoms with van der Waals surface area (Å²) in [6, 6.07) is 17.9. The van der Waals surface area contributed by atoms with Crippen LogP contribution in [0.1, 0.15) is 29.9 Å². The molecular formula is C23H23N3O4S2. The van der Waals surface area contributed by atoms with Crippen molar-refractivity contribution >= 4 is 41.1 Å². The van der Waals surface area contributed by atoms with Gasteiger partial charge in [-0.2, -0.15) is 0 Å². The van der Waals surface area contributed by atoms with Gasteiger partial charge >= 0.3 is 5.97 Å². The first-order valence-electron chi connectivity index (χ1n) is 9.97. The molecule has 0 aliphatic rings. The number of nitrogens with one attached hydrogen (secondary N) is 2. The van der Waals surface area contributed by atoms with Gasteiger partial charge in [-0.1, -0.05) is 36.0 Å². The van der Waals surface area contributed by atoms with Crippen LogP contribution < -0.4 is 10.9 Å². The molecule has 1 heterocycles. The second-order valence-corrected chi connectivity index (χ2v) is 9.07. The average molecular weight is 470 g/mol. The molecule has 2 aromatic carbocycles. The molecule has 1 amide bonds. The molecule has 32 heavy (non-hydrogen) atoms. The molecule has 1 atom stereocenters. The van der Waals surface area contributed by atoms with Gasteiger partial charge in [0.15, 0.2) is 5.16 Å². The molecule has 0 aliphatic heterocycles. The number of hydrogen-bond acceptors (Lipinski definition) is 7. The third-order valence-corrected chi connectivity index (χ3v) is 6.23. The normalized spacial score (nSPS) is 11.6. The molecule has 0 saturated heterocycles. The van der Waals surface area contributed by atoms with Crippen LogP contribution in [0.4, 0.5) is 5.69 Å². The van der Waals surface area contributed by atoms with Gasteiger partial charge in [0.05, 0.1) is 23.1 Å². The summed E-state index contributed by atoms with van der Waals surface area (Å²) in [5.74, 6) is -0.177. The number of aromatic amines is 1. The first-order valence-corrected chi connectivity index (χ1v) is 11.8. The van der Waals surface area contributed by atoms with E-state index in [0.717, 1.165) is 16.7 Å². The van der Waals surface area contributed by atoms with E-state index in [1.807, 2.05) is 30.3 Å². The van der Waals surface area contributed by atoms with Gasteiger partial charge in [0, 0.05) is 22.4 Å². The largest absolute Gasteiger partial charge is 0.462 e. The quantitative estimate of drug-likeness (QED) is 0.273. The zero-order valence-electron chi connectivity index (χ0n) is 17.7. The lowest BCUT2D eigenvalue weighted by molar-refractivity contribution is -0.115. The Kier molecular flexibility index (Phi) is 8.52. The molecule has 0 spiro atoms. The molecular weight excluding hydrogens is 446 g/mol. The predicted octanol–water partition coefficient (Wildman–Crippen LogP) is 4.36. The predicted molar refractivity (Wildman–Crippen MR) is 127 cm³/mol. The number of amides is 1. The minimum absolute atomic E-state index is 0.263. The van der Waals surface area contributed by atoms with E-state index in [4.69, 9.17) is 4.74 Å². The van der Waals surface area contributed by atoms with Gasteiger partial charge in [0.2, 0.25) is 5.91 Å². The van der Waals surface area contributed by atoms with Crippen molar-refractivity contribution in [3.8, 4) is 0 Å². The first-order chi connectivity index (χ1) is 15.4. The Balaban J connectivity index is 1.62. The van der Waals surface area contributed by atoms with E-state index in [2.05, 4.69) is 15.3 Å². The molecule has 7 nitrogen and oxygen atoms in total. The monoisotopic (exact) mass is 469 g/mol. The summed E-state index contributed by atoms with van der Waals surface area (Å²) < 4.78 is 4.99. The number of carbonyl (C=O) groups is 2. The molecule has 166 valence electrons. The van der Waals surface area contributed by atoms with Gasteiger partial charge in [-0.25, -0.2) is 9.78 Å². The molecule has 0 saturated carbocycles. The van der Waals surface area contributed by atoms with Gasteiger partial charge in [-0.05, 0) is 44.2 Å². The third-order valence-electron chi connectivity index (χ3n) is 4.20. The van der Waals surface area contributed by atoms with E-state index >= 15 is 0 Å².